The molecule has 1 atom stereocenters. The van der Waals surface area contributed by atoms with Gasteiger partial charge in [0.05, 0.1) is 18.5 Å². The van der Waals surface area contributed by atoms with Crippen LogP contribution in [0.2, 0.25) is 0 Å². The zero-order valence-electron chi connectivity index (χ0n) is 20.5. The number of hydrazone groups is 1. The Morgan fingerprint density at radius 2 is 1.94 bits per heavy atom. The van der Waals surface area contributed by atoms with Gasteiger partial charge < -0.3 is 14.6 Å². The van der Waals surface area contributed by atoms with E-state index in [1.165, 1.54) is 14.0 Å². The Labute approximate surface area is 204 Å². The van der Waals surface area contributed by atoms with Gasteiger partial charge in [0.2, 0.25) is 0 Å². The van der Waals surface area contributed by atoms with Gasteiger partial charge >= 0.3 is 6.03 Å². The minimum atomic E-state index is -1.55. The Bertz CT molecular complexity index is 1230. The third-order valence-corrected chi connectivity index (χ3v) is 5.82. The van der Waals surface area contributed by atoms with E-state index in [9.17, 15) is 9.18 Å². The zero-order chi connectivity index (χ0) is 25.2. The molecule has 184 valence electrons. The predicted molar refractivity (Wildman–Crippen MR) is 134 cm³/mol. The van der Waals surface area contributed by atoms with Gasteiger partial charge in [0, 0.05) is 30.0 Å². The summed E-state index contributed by atoms with van der Waals surface area (Å²) in [6, 6.07) is 8.67. The number of nitrogens with zero attached hydrogens (tertiary/aromatic N) is 2. The fourth-order valence-electron chi connectivity index (χ4n) is 3.83. The fourth-order valence-corrected chi connectivity index (χ4v) is 3.83. The van der Waals surface area contributed by atoms with E-state index in [0.29, 0.717) is 29.4 Å². The SMILES string of the molecule is COC1=CC=C(C2=CCC(c3ccc(NC(=O)Nc4cc(C(C)(C)C)on4)cc3)=NN2)C[C@@]1(C)F. The first kappa shape index (κ1) is 24.3. The molecule has 2 amide bonds. The van der Waals surface area contributed by atoms with E-state index in [1.807, 2.05) is 45.1 Å². The van der Waals surface area contributed by atoms with E-state index < -0.39 is 11.7 Å². The molecule has 1 aromatic carbocycles. The number of aromatic nitrogens is 1. The smallest absolute Gasteiger partial charge is 0.324 e. The van der Waals surface area contributed by atoms with Crippen LogP contribution in [0.3, 0.4) is 0 Å². The number of rotatable bonds is 5. The molecule has 3 N–H and O–H groups in total. The molecule has 2 aromatic rings. The Morgan fingerprint density at radius 3 is 2.51 bits per heavy atom. The molecule has 0 saturated carbocycles. The lowest BCUT2D eigenvalue weighted by molar-refractivity contribution is 0.125. The lowest BCUT2D eigenvalue weighted by Crippen LogP contribution is -2.28. The van der Waals surface area contributed by atoms with E-state index in [4.69, 9.17) is 9.26 Å². The molecule has 0 radical (unpaired) electrons. The molecule has 2 aliphatic rings. The third kappa shape index (κ3) is 5.62. The maximum atomic E-state index is 14.8. The summed E-state index contributed by atoms with van der Waals surface area (Å²) in [6.45, 7) is 7.52. The van der Waals surface area contributed by atoms with Crippen LogP contribution in [-0.2, 0) is 10.2 Å². The van der Waals surface area contributed by atoms with Crippen LogP contribution in [0.5, 0.6) is 0 Å². The first-order chi connectivity index (χ1) is 16.5. The maximum absolute atomic E-state index is 14.8. The van der Waals surface area contributed by atoms with Gasteiger partial charge in [-0.3, -0.25) is 10.7 Å². The van der Waals surface area contributed by atoms with Gasteiger partial charge in [0.25, 0.3) is 0 Å². The van der Waals surface area contributed by atoms with Crippen LogP contribution in [-0.4, -0.2) is 29.7 Å². The van der Waals surface area contributed by atoms with E-state index in [2.05, 4.69) is 26.3 Å². The van der Waals surface area contributed by atoms with Crippen LogP contribution in [0.25, 0.3) is 0 Å². The lowest BCUT2D eigenvalue weighted by atomic mass is 9.89. The van der Waals surface area contributed by atoms with Crippen molar-refractivity contribution >= 4 is 23.2 Å². The van der Waals surface area contributed by atoms with Gasteiger partial charge in [-0.2, -0.15) is 5.10 Å². The number of nitrogens with one attached hydrogen (secondary N) is 3. The second-order valence-electron chi connectivity index (χ2n) is 9.78. The van der Waals surface area contributed by atoms with Crippen LogP contribution in [0.1, 0.15) is 51.9 Å². The van der Waals surface area contributed by atoms with Crippen molar-refractivity contribution in [2.45, 2.75) is 51.6 Å². The minimum absolute atomic E-state index is 0.197. The molecule has 2 heterocycles. The highest BCUT2D eigenvalue weighted by Gasteiger charge is 2.34. The molecular formula is C26H30FN5O3. The number of methoxy groups -OCH3 is 1. The Morgan fingerprint density at radius 1 is 1.20 bits per heavy atom. The molecule has 0 unspecified atom stereocenters. The average Bonchev–Trinajstić information content (AvgIpc) is 3.28. The highest BCUT2D eigenvalue weighted by atomic mass is 19.1. The highest BCUT2D eigenvalue weighted by molar-refractivity contribution is 6.03. The number of carbonyl (C=O) groups excluding carboxylic acids is 1. The fraction of sp³-hybridized carbons (Fsp3) is 0.346. The van der Waals surface area contributed by atoms with Crippen molar-refractivity contribution in [3.05, 3.63) is 76.9 Å². The van der Waals surface area contributed by atoms with Gasteiger partial charge in [0.1, 0.15) is 11.5 Å². The molecule has 4 rings (SSSR count). The normalized spacial score (nSPS) is 20.1. The lowest BCUT2D eigenvalue weighted by Gasteiger charge is -2.28. The average molecular weight is 480 g/mol. The Balaban J connectivity index is 1.34. The molecule has 0 spiro atoms. The van der Waals surface area contributed by atoms with Gasteiger partial charge in [-0.1, -0.05) is 50.2 Å². The third-order valence-electron chi connectivity index (χ3n) is 5.82. The summed E-state index contributed by atoms with van der Waals surface area (Å²) in [4.78, 5) is 12.3. The summed E-state index contributed by atoms with van der Waals surface area (Å²) < 4.78 is 25.2. The minimum Gasteiger partial charge on any atom is -0.498 e. The quantitative estimate of drug-likeness (QED) is 0.504. The number of ether oxygens (including phenoxy) is 1. The first-order valence-corrected chi connectivity index (χ1v) is 11.4. The summed E-state index contributed by atoms with van der Waals surface area (Å²) >= 11 is 0. The second-order valence-corrected chi connectivity index (χ2v) is 9.78. The number of hydrogen-bond acceptors (Lipinski definition) is 6. The first-order valence-electron chi connectivity index (χ1n) is 11.4. The number of benzene rings is 1. The molecule has 1 aromatic heterocycles. The number of allylic oxidation sites excluding steroid dienone is 5. The number of amides is 2. The van der Waals surface area contributed by atoms with Crippen molar-refractivity contribution in [3.8, 4) is 0 Å². The van der Waals surface area contributed by atoms with E-state index >= 15 is 0 Å². The van der Waals surface area contributed by atoms with Crippen LogP contribution in [0.4, 0.5) is 20.7 Å². The number of hydrogen-bond donors (Lipinski definition) is 3. The standard InChI is InChI=1S/C26H30FN5O3/c1-25(2,3)22-14-23(32-35-22)29-24(33)28-18-9-6-16(7-10-18)19-11-12-20(31-30-19)17-8-13-21(34-5)26(4,27)15-17/h6-10,12-14,31H,11,15H2,1-5H3,(H2,28,29,32,33)/t26-/m1/s1. The van der Waals surface area contributed by atoms with Crippen molar-refractivity contribution in [3.63, 3.8) is 0 Å². The summed E-state index contributed by atoms with van der Waals surface area (Å²) in [6.07, 6.45) is 6.32. The molecule has 0 saturated heterocycles. The van der Waals surface area contributed by atoms with Crippen LogP contribution >= 0.6 is 0 Å². The summed E-state index contributed by atoms with van der Waals surface area (Å²) in [5, 5.41) is 13.8. The molecule has 0 bridgehead atoms. The summed E-state index contributed by atoms with van der Waals surface area (Å²) in [5.41, 5.74) is 5.31. The van der Waals surface area contributed by atoms with Crippen LogP contribution in [0.15, 0.2) is 75.2 Å². The number of anilines is 2. The molecule has 9 heteroatoms. The van der Waals surface area contributed by atoms with Crippen LogP contribution in [0, 0.1) is 0 Å². The Kier molecular flexibility index (Phi) is 6.51. The predicted octanol–water partition coefficient (Wildman–Crippen LogP) is 5.79. The van der Waals surface area contributed by atoms with Crippen molar-refractivity contribution < 1.29 is 18.4 Å². The van der Waals surface area contributed by atoms with E-state index in [0.717, 1.165) is 22.5 Å². The topological polar surface area (TPSA) is 101 Å². The number of carbonyl (C=O) groups is 1. The summed E-state index contributed by atoms with van der Waals surface area (Å²) in [5.74, 6) is 1.36. The van der Waals surface area contributed by atoms with E-state index in [1.54, 1.807) is 24.3 Å². The number of halogens is 1. The Hall–Kier alpha value is -3.88. The molecule has 0 fully saturated rings. The maximum Gasteiger partial charge on any atom is 0.324 e. The van der Waals surface area contributed by atoms with Crippen molar-refractivity contribution in [1.82, 2.24) is 10.6 Å². The second kappa shape index (κ2) is 9.40. The van der Waals surface area contributed by atoms with Crippen molar-refractivity contribution in [2.75, 3.05) is 17.7 Å². The monoisotopic (exact) mass is 479 g/mol. The summed E-state index contributed by atoms with van der Waals surface area (Å²) in [7, 11) is 1.48. The molecule has 1 aliphatic heterocycles. The van der Waals surface area contributed by atoms with Crippen LogP contribution < -0.4 is 16.1 Å². The van der Waals surface area contributed by atoms with Crippen molar-refractivity contribution in [1.29, 1.82) is 0 Å². The molecule has 8 nitrogen and oxygen atoms in total. The zero-order valence-corrected chi connectivity index (χ0v) is 20.5. The van der Waals surface area contributed by atoms with Gasteiger partial charge in [-0.05, 0) is 36.3 Å². The molecule has 35 heavy (non-hydrogen) atoms. The van der Waals surface area contributed by atoms with Crippen molar-refractivity contribution in [2.24, 2.45) is 5.10 Å². The molecule has 1 aliphatic carbocycles. The van der Waals surface area contributed by atoms with Gasteiger partial charge in [-0.25, -0.2) is 9.18 Å². The molecular weight excluding hydrogens is 449 g/mol. The number of alkyl halides is 1. The largest absolute Gasteiger partial charge is 0.498 e. The number of urea groups is 1. The van der Waals surface area contributed by atoms with E-state index in [-0.39, 0.29) is 11.8 Å². The van der Waals surface area contributed by atoms with Gasteiger partial charge in [-0.15, -0.1) is 0 Å². The highest BCUT2D eigenvalue weighted by Crippen LogP contribution is 2.36. The van der Waals surface area contributed by atoms with Gasteiger partial charge in [0.15, 0.2) is 11.5 Å².